The van der Waals surface area contributed by atoms with Crippen LogP contribution in [-0.2, 0) is 20.7 Å². The fourth-order valence-electron chi connectivity index (χ4n) is 4.17. The lowest BCUT2D eigenvalue weighted by Gasteiger charge is -2.45. The summed E-state index contributed by atoms with van der Waals surface area (Å²) in [4.78, 5) is 42.8. The highest BCUT2D eigenvalue weighted by atomic mass is 16.6. The Morgan fingerprint density at radius 1 is 0.897 bits per heavy atom. The fraction of sp³-hybridized carbons (Fsp3) is 0.516. The Hall–Kier alpha value is -3.55. The number of carbonyl (C=O) groups excluding carboxylic acids is 3. The van der Waals surface area contributed by atoms with Crippen molar-refractivity contribution in [2.45, 2.75) is 104 Å². The molecule has 8 nitrogen and oxygen atoms in total. The Labute approximate surface area is 233 Å². The van der Waals surface area contributed by atoms with Crippen molar-refractivity contribution in [3.63, 3.8) is 0 Å². The molecule has 0 bridgehead atoms. The number of carbonyl (C=O) groups is 3. The molecule has 0 saturated heterocycles. The lowest BCUT2D eigenvalue weighted by molar-refractivity contribution is -0.150. The molecule has 2 rings (SSSR count). The first kappa shape index (κ1) is 31.7. The number of rotatable bonds is 9. The van der Waals surface area contributed by atoms with Gasteiger partial charge in [-0.1, -0.05) is 55.5 Å². The van der Waals surface area contributed by atoms with Gasteiger partial charge in [0.25, 0.3) is 0 Å². The molecule has 0 heterocycles. The van der Waals surface area contributed by atoms with Gasteiger partial charge in [-0.15, -0.1) is 0 Å². The van der Waals surface area contributed by atoms with Crippen molar-refractivity contribution in [2.24, 2.45) is 0 Å². The van der Waals surface area contributed by atoms with E-state index in [1.54, 1.807) is 39.0 Å². The second-order valence-electron chi connectivity index (χ2n) is 12.5. The van der Waals surface area contributed by atoms with Gasteiger partial charge in [0.2, 0.25) is 11.8 Å². The van der Waals surface area contributed by atoms with Gasteiger partial charge in [0.1, 0.15) is 23.4 Å². The minimum atomic E-state index is -1.16. The third-order valence-electron chi connectivity index (χ3n) is 6.26. The Bertz CT molecular complexity index is 1130. The van der Waals surface area contributed by atoms with E-state index in [0.29, 0.717) is 12.0 Å². The zero-order valence-corrected chi connectivity index (χ0v) is 24.8. The van der Waals surface area contributed by atoms with Gasteiger partial charge in [-0.2, -0.15) is 0 Å². The monoisotopic (exact) mass is 539 g/mol. The first-order chi connectivity index (χ1) is 17.9. The molecule has 0 spiro atoms. The predicted molar refractivity (Wildman–Crippen MR) is 153 cm³/mol. The second-order valence-corrected chi connectivity index (χ2v) is 12.5. The molecule has 2 aromatic rings. The zero-order chi connectivity index (χ0) is 29.6. The summed E-state index contributed by atoms with van der Waals surface area (Å²) in [6.07, 6.45) is -0.0380. The minimum absolute atomic E-state index is 0.101. The quantitative estimate of drug-likeness (QED) is 0.390. The van der Waals surface area contributed by atoms with Crippen LogP contribution in [0.4, 0.5) is 4.79 Å². The summed E-state index contributed by atoms with van der Waals surface area (Å²) >= 11 is 0. The van der Waals surface area contributed by atoms with Crippen molar-refractivity contribution in [3.05, 3.63) is 65.7 Å². The summed E-state index contributed by atoms with van der Waals surface area (Å²) in [6, 6.07) is 13.7. The van der Waals surface area contributed by atoms with E-state index in [1.165, 1.54) is 11.0 Å². The van der Waals surface area contributed by atoms with Crippen LogP contribution in [0.5, 0.6) is 5.75 Å². The minimum Gasteiger partial charge on any atom is -0.508 e. The maximum atomic E-state index is 14.5. The average molecular weight is 540 g/mol. The van der Waals surface area contributed by atoms with E-state index in [9.17, 15) is 19.5 Å². The van der Waals surface area contributed by atoms with Gasteiger partial charge in [0, 0.05) is 23.1 Å². The molecule has 2 unspecified atom stereocenters. The molecule has 0 aliphatic carbocycles. The van der Waals surface area contributed by atoms with Crippen LogP contribution in [0.15, 0.2) is 54.6 Å². The van der Waals surface area contributed by atoms with Crippen molar-refractivity contribution >= 4 is 17.9 Å². The van der Waals surface area contributed by atoms with Gasteiger partial charge in [-0.25, -0.2) is 4.79 Å². The number of nitrogens with one attached hydrogen (secondary N) is 2. The maximum absolute atomic E-state index is 14.5. The topological polar surface area (TPSA) is 108 Å². The summed E-state index contributed by atoms with van der Waals surface area (Å²) in [5.74, 6) is -1.00. The summed E-state index contributed by atoms with van der Waals surface area (Å²) in [6.45, 7) is 16.5. The number of hydrogen-bond donors (Lipinski definition) is 3. The molecule has 214 valence electrons. The van der Waals surface area contributed by atoms with Crippen molar-refractivity contribution in [1.82, 2.24) is 15.5 Å². The van der Waals surface area contributed by atoms with E-state index in [0.717, 1.165) is 5.56 Å². The summed E-state index contributed by atoms with van der Waals surface area (Å²) < 4.78 is 5.49. The van der Waals surface area contributed by atoms with Gasteiger partial charge in [-0.05, 0) is 73.4 Å². The van der Waals surface area contributed by atoms with Crippen LogP contribution in [-0.4, -0.2) is 50.6 Å². The number of phenolic OH excluding ortho intramolecular Hbond substituents is 1. The van der Waals surface area contributed by atoms with Crippen LogP contribution in [0.3, 0.4) is 0 Å². The Morgan fingerprint density at radius 3 is 1.97 bits per heavy atom. The van der Waals surface area contributed by atoms with Gasteiger partial charge in [0.05, 0.1) is 0 Å². The van der Waals surface area contributed by atoms with Crippen molar-refractivity contribution in [1.29, 1.82) is 0 Å². The molecular weight excluding hydrogens is 494 g/mol. The Morgan fingerprint density at radius 2 is 1.46 bits per heavy atom. The number of alkyl carbamates (subject to hydrolysis) is 1. The molecule has 0 aliphatic rings. The van der Waals surface area contributed by atoms with E-state index in [-0.39, 0.29) is 12.2 Å². The summed E-state index contributed by atoms with van der Waals surface area (Å²) in [5, 5.41) is 16.6. The maximum Gasteiger partial charge on any atom is 0.408 e. The van der Waals surface area contributed by atoms with Gasteiger partial charge in [-0.3, -0.25) is 9.59 Å². The number of hydrogen-bond acceptors (Lipinski definition) is 5. The lowest BCUT2D eigenvalue weighted by atomic mass is 9.90. The zero-order valence-electron chi connectivity index (χ0n) is 24.8. The first-order valence-electron chi connectivity index (χ1n) is 13.4. The van der Waals surface area contributed by atoms with Crippen LogP contribution >= 0.6 is 0 Å². The van der Waals surface area contributed by atoms with Crippen molar-refractivity contribution in [3.8, 4) is 5.75 Å². The highest BCUT2D eigenvalue weighted by molar-refractivity contribution is 5.93. The van der Waals surface area contributed by atoms with Crippen LogP contribution in [0, 0.1) is 0 Å². The standard InChI is InChI=1S/C31H45N3O5/c1-10-31(8,9)34(25(26(36)33-29(2,3)4)22-18-14-15-19-24(22)35)27(37)23(20-21-16-12-11-13-17-21)32-28(38)39-30(5,6)7/h11-19,23,25,35H,10,20H2,1-9H3,(H,32,38)(H,33,36). The second kappa shape index (κ2) is 12.5. The molecule has 2 atom stereocenters. The number of benzene rings is 2. The molecule has 0 saturated carbocycles. The summed E-state index contributed by atoms with van der Waals surface area (Å²) in [7, 11) is 0. The van der Waals surface area contributed by atoms with Crippen LogP contribution in [0.2, 0.25) is 0 Å². The van der Waals surface area contributed by atoms with Gasteiger partial charge in [0.15, 0.2) is 0 Å². The molecule has 39 heavy (non-hydrogen) atoms. The average Bonchev–Trinajstić information content (AvgIpc) is 2.80. The highest BCUT2D eigenvalue weighted by Gasteiger charge is 2.44. The Kier molecular flexibility index (Phi) is 10.2. The van der Waals surface area contributed by atoms with E-state index < -0.39 is 46.7 Å². The SMILES string of the molecule is CCC(C)(C)N(C(=O)C(Cc1ccccc1)NC(=O)OC(C)(C)C)C(C(=O)NC(C)(C)C)c1ccccc1O. The van der Waals surface area contributed by atoms with Crippen molar-refractivity contribution < 1.29 is 24.2 Å². The lowest BCUT2D eigenvalue weighted by Crippen LogP contribution is -2.60. The molecular formula is C31H45N3O5. The van der Waals surface area contributed by atoms with Crippen LogP contribution in [0.1, 0.15) is 85.9 Å². The number of phenols is 1. The molecule has 0 radical (unpaired) electrons. The third-order valence-corrected chi connectivity index (χ3v) is 6.26. The molecule has 3 amide bonds. The van der Waals surface area contributed by atoms with E-state index in [4.69, 9.17) is 4.74 Å². The number of nitrogens with zero attached hydrogens (tertiary/aromatic N) is 1. The van der Waals surface area contributed by atoms with E-state index in [2.05, 4.69) is 10.6 Å². The number of para-hydroxylation sites is 1. The molecule has 3 N–H and O–H groups in total. The van der Waals surface area contributed by atoms with Crippen LogP contribution in [0.25, 0.3) is 0 Å². The molecule has 0 aromatic heterocycles. The Balaban J connectivity index is 2.69. The number of aromatic hydroxyl groups is 1. The van der Waals surface area contributed by atoms with E-state index >= 15 is 0 Å². The largest absolute Gasteiger partial charge is 0.508 e. The number of ether oxygens (including phenoxy) is 1. The highest BCUT2D eigenvalue weighted by Crippen LogP contribution is 2.36. The molecule has 0 fully saturated rings. The fourth-order valence-corrected chi connectivity index (χ4v) is 4.17. The normalized spacial score (nSPS) is 13.7. The molecule has 0 aliphatic heterocycles. The van der Waals surface area contributed by atoms with Crippen molar-refractivity contribution in [2.75, 3.05) is 0 Å². The molecule has 2 aromatic carbocycles. The molecule has 8 heteroatoms. The predicted octanol–water partition coefficient (Wildman–Crippen LogP) is 5.50. The van der Waals surface area contributed by atoms with E-state index in [1.807, 2.05) is 71.9 Å². The first-order valence-corrected chi connectivity index (χ1v) is 13.4. The third kappa shape index (κ3) is 9.30. The van der Waals surface area contributed by atoms with Gasteiger partial charge < -0.3 is 25.4 Å². The number of amides is 3. The van der Waals surface area contributed by atoms with Gasteiger partial charge >= 0.3 is 6.09 Å². The summed E-state index contributed by atoms with van der Waals surface area (Å²) in [5.41, 5.74) is -1.06. The van der Waals surface area contributed by atoms with Crippen LogP contribution < -0.4 is 10.6 Å². The smallest absolute Gasteiger partial charge is 0.408 e.